The summed E-state index contributed by atoms with van der Waals surface area (Å²) in [5, 5.41) is 4.00. The Morgan fingerprint density at radius 3 is 2.76 bits per heavy atom. The fourth-order valence-electron chi connectivity index (χ4n) is 1.44. The second-order valence-corrected chi connectivity index (χ2v) is 4.79. The van der Waals surface area contributed by atoms with Crippen molar-refractivity contribution in [2.24, 2.45) is 0 Å². The fourth-order valence-corrected chi connectivity index (χ4v) is 1.44. The molecule has 2 rings (SSSR count). The van der Waals surface area contributed by atoms with Gasteiger partial charge in [0.25, 0.3) is 0 Å². The van der Waals surface area contributed by atoms with Gasteiger partial charge in [0.1, 0.15) is 0 Å². The van der Waals surface area contributed by atoms with Crippen LogP contribution in [0.3, 0.4) is 0 Å². The number of rotatable bonds is 3. The van der Waals surface area contributed by atoms with Crippen LogP contribution in [-0.4, -0.2) is 10.1 Å². The Hall–Kier alpha value is -1.84. The van der Waals surface area contributed by atoms with E-state index >= 15 is 0 Å². The normalized spacial score (nSPS) is 11.7. The van der Waals surface area contributed by atoms with Crippen molar-refractivity contribution in [3.63, 3.8) is 0 Å². The summed E-state index contributed by atoms with van der Waals surface area (Å²) in [6.45, 7) is 6.28. The maximum absolute atomic E-state index is 5.73. The minimum atomic E-state index is -0.0917. The summed E-state index contributed by atoms with van der Waals surface area (Å²) in [7, 11) is 0. The standard InChI is InChI=1S/C13H17N3O/c1-4-13(2,3)12-15-11(16-17-12)9-6-5-7-10(14)8-9/h5-8H,4,14H2,1-3H3. The predicted molar refractivity (Wildman–Crippen MR) is 67.5 cm³/mol. The quantitative estimate of drug-likeness (QED) is 0.825. The van der Waals surface area contributed by atoms with Gasteiger partial charge in [0.15, 0.2) is 0 Å². The Kier molecular flexibility index (Phi) is 2.88. The second kappa shape index (κ2) is 4.20. The number of nitrogen functional groups attached to an aromatic ring is 1. The number of hydrogen-bond acceptors (Lipinski definition) is 4. The molecule has 1 aromatic carbocycles. The molecule has 0 aliphatic rings. The molecule has 0 atom stereocenters. The Morgan fingerprint density at radius 2 is 2.12 bits per heavy atom. The molecule has 4 nitrogen and oxygen atoms in total. The topological polar surface area (TPSA) is 64.9 Å². The van der Waals surface area contributed by atoms with E-state index in [0.29, 0.717) is 17.4 Å². The highest BCUT2D eigenvalue weighted by Gasteiger charge is 2.25. The number of nitrogens with two attached hydrogens (primary N) is 1. The van der Waals surface area contributed by atoms with E-state index in [2.05, 4.69) is 30.9 Å². The number of nitrogens with zero attached hydrogens (tertiary/aromatic N) is 2. The molecule has 1 heterocycles. The smallest absolute Gasteiger partial charge is 0.232 e. The summed E-state index contributed by atoms with van der Waals surface area (Å²) in [6.07, 6.45) is 0.950. The first-order valence-electron chi connectivity index (χ1n) is 5.73. The van der Waals surface area contributed by atoms with Gasteiger partial charge in [-0.3, -0.25) is 0 Å². The second-order valence-electron chi connectivity index (χ2n) is 4.79. The van der Waals surface area contributed by atoms with E-state index in [1.165, 1.54) is 0 Å². The molecule has 2 aromatic rings. The summed E-state index contributed by atoms with van der Waals surface area (Å²) in [4.78, 5) is 4.43. The van der Waals surface area contributed by atoms with Gasteiger partial charge in [0.05, 0.1) is 0 Å². The van der Waals surface area contributed by atoms with Crippen LogP contribution in [0.25, 0.3) is 11.4 Å². The lowest BCUT2D eigenvalue weighted by atomic mass is 9.90. The van der Waals surface area contributed by atoms with E-state index in [1.807, 2.05) is 24.3 Å². The molecule has 0 bridgehead atoms. The molecule has 2 N–H and O–H groups in total. The first-order chi connectivity index (χ1) is 8.03. The van der Waals surface area contributed by atoms with Crippen molar-refractivity contribution in [1.82, 2.24) is 10.1 Å². The number of anilines is 1. The molecule has 0 radical (unpaired) electrons. The lowest BCUT2D eigenvalue weighted by Gasteiger charge is -2.15. The van der Waals surface area contributed by atoms with E-state index in [-0.39, 0.29) is 5.41 Å². The van der Waals surface area contributed by atoms with E-state index in [9.17, 15) is 0 Å². The fraction of sp³-hybridized carbons (Fsp3) is 0.385. The Balaban J connectivity index is 2.36. The van der Waals surface area contributed by atoms with Crippen molar-refractivity contribution in [3.8, 4) is 11.4 Å². The zero-order valence-corrected chi connectivity index (χ0v) is 10.4. The highest BCUT2D eigenvalue weighted by molar-refractivity contribution is 5.60. The van der Waals surface area contributed by atoms with Crippen LogP contribution in [0.1, 0.15) is 33.1 Å². The van der Waals surface area contributed by atoms with Gasteiger partial charge >= 0.3 is 0 Å². The third kappa shape index (κ3) is 2.30. The van der Waals surface area contributed by atoms with E-state index in [4.69, 9.17) is 10.3 Å². The van der Waals surface area contributed by atoms with Crippen LogP contribution in [-0.2, 0) is 5.41 Å². The molecular formula is C13H17N3O. The molecule has 0 unspecified atom stereocenters. The van der Waals surface area contributed by atoms with Crippen LogP contribution >= 0.6 is 0 Å². The van der Waals surface area contributed by atoms with Gasteiger partial charge in [-0.15, -0.1) is 0 Å². The van der Waals surface area contributed by atoms with E-state index in [1.54, 1.807) is 0 Å². The van der Waals surface area contributed by atoms with Gasteiger partial charge in [-0.2, -0.15) is 4.98 Å². The minimum absolute atomic E-state index is 0.0917. The first-order valence-corrected chi connectivity index (χ1v) is 5.73. The van der Waals surface area contributed by atoms with Gasteiger partial charge in [0, 0.05) is 16.7 Å². The van der Waals surface area contributed by atoms with Gasteiger partial charge in [-0.25, -0.2) is 0 Å². The molecule has 0 saturated carbocycles. The van der Waals surface area contributed by atoms with E-state index in [0.717, 1.165) is 12.0 Å². The Labute approximate surface area is 101 Å². The average Bonchev–Trinajstić information content (AvgIpc) is 2.79. The average molecular weight is 231 g/mol. The lowest BCUT2D eigenvalue weighted by molar-refractivity contribution is 0.302. The molecule has 0 fully saturated rings. The van der Waals surface area contributed by atoms with Crippen molar-refractivity contribution < 1.29 is 4.52 Å². The first kappa shape index (κ1) is 11.6. The summed E-state index contributed by atoms with van der Waals surface area (Å²) >= 11 is 0. The van der Waals surface area contributed by atoms with Gasteiger partial charge in [-0.1, -0.05) is 38.1 Å². The van der Waals surface area contributed by atoms with Crippen LogP contribution in [0, 0.1) is 0 Å². The molecule has 0 aliphatic carbocycles. The van der Waals surface area contributed by atoms with Crippen molar-refractivity contribution in [2.75, 3.05) is 5.73 Å². The number of aromatic nitrogens is 2. The molecule has 17 heavy (non-hydrogen) atoms. The molecule has 0 amide bonds. The van der Waals surface area contributed by atoms with Crippen molar-refractivity contribution >= 4 is 5.69 Å². The highest BCUT2D eigenvalue weighted by Crippen LogP contribution is 2.27. The van der Waals surface area contributed by atoms with Gasteiger partial charge < -0.3 is 10.3 Å². The van der Waals surface area contributed by atoms with E-state index < -0.39 is 0 Å². The molecular weight excluding hydrogens is 214 g/mol. The van der Waals surface area contributed by atoms with Crippen molar-refractivity contribution in [2.45, 2.75) is 32.6 Å². The van der Waals surface area contributed by atoms with Crippen LogP contribution in [0.2, 0.25) is 0 Å². The van der Waals surface area contributed by atoms with Crippen molar-refractivity contribution in [1.29, 1.82) is 0 Å². The number of benzene rings is 1. The maximum Gasteiger partial charge on any atom is 0.232 e. The summed E-state index contributed by atoms with van der Waals surface area (Å²) in [5.74, 6) is 1.26. The molecule has 0 aliphatic heterocycles. The molecule has 0 saturated heterocycles. The lowest BCUT2D eigenvalue weighted by Crippen LogP contribution is -2.15. The van der Waals surface area contributed by atoms with Gasteiger partial charge in [-0.05, 0) is 18.6 Å². The van der Waals surface area contributed by atoms with Crippen LogP contribution in [0.15, 0.2) is 28.8 Å². The molecule has 1 aromatic heterocycles. The highest BCUT2D eigenvalue weighted by atomic mass is 16.5. The number of hydrogen-bond donors (Lipinski definition) is 1. The van der Waals surface area contributed by atoms with Crippen LogP contribution in [0.4, 0.5) is 5.69 Å². The molecule has 90 valence electrons. The zero-order chi connectivity index (χ0) is 12.5. The zero-order valence-electron chi connectivity index (χ0n) is 10.4. The third-order valence-electron chi connectivity index (χ3n) is 3.03. The predicted octanol–water partition coefficient (Wildman–Crippen LogP) is 3.01. The molecule has 4 heteroatoms. The summed E-state index contributed by atoms with van der Waals surface area (Å²) in [6, 6.07) is 7.48. The van der Waals surface area contributed by atoms with Gasteiger partial charge in [0.2, 0.25) is 11.7 Å². The van der Waals surface area contributed by atoms with Crippen LogP contribution < -0.4 is 5.73 Å². The minimum Gasteiger partial charge on any atom is -0.399 e. The maximum atomic E-state index is 5.73. The summed E-state index contributed by atoms with van der Waals surface area (Å²) < 4.78 is 5.31. The largest absolute Gasteiger partial charge is 0.399 e. The van der Waals surface area contributed by atoms with Crippen LogP contribution in [0.5, 0.6) is 0 Å². The Morgan fingerprint density at radius 1 is 1.35 bits per heavy atom. The third-order valence-corrected chi connectivity index (χ3v) is 3.03. The molecule has 0 spiro atoms. The van der Waals surface area contributed by atoms with Crippen molar-refractivity contribution in [3.05, 3.63) is 30.2 Å². The SMILES string of the molecule is CCC(C)(C)c1nc(-c2cccc(N)c2)no1. The monoisotopic (exact) mass is 231 g/mol. The summed E-state index contributed by atoms with van der Waals surface area (Å²) in [5.41, 5.74) is 7.22. The Bertz CT molecular complexity index is 517.